The summed E-state index contributed by atoms with van der Waals surface area (Å²) < 4.78 is 0. The van der Waals surface area contributed by atoms with Crippen LogP contribution in [0.2, 0.25) is 0 Å². The number of anilines is 2. The molecule has 116 valence electrons. The van der Waals surface area contributed by atoms with Gasteiger partial charge in [-0.15, -0.1) is 0 Å². The summed E-state index contributed by atoms with van der Waals surface area (Å²) in [4.78, 5) is 17.7. The fourth-order valence-corrected chi connectivity index (χ4v) is 3.35. The first-order valence-electron chi connectivity index (χ1n) is 7.61. The zero-order chi connectivity index (χ0) is 16.2. The maximum absolute atomic E-state index is 12.3. The summed E-state index contributed by atoms with van der Waals surface area (Å²) in [6.45, 7) is 3.93. The Morgan fingerprint density at radius 2 is 1.78 bits per heavy atom. The molecule has 0 aliphatic rings. The number of carbonyl (C=O) groups excluding carboxylic acids is 1. The van der Waals surface area contributed by atoms with Gasteiger partial charge in [-0.2, -0.15) is 0 Å². The number of thiazole rings is 1. The number of rotatable bonds is 5. The van der Waals surface area contributed by atoms with Gasteiger partial charge in [0.2, 0.25) is 0 Å². The molecule has 0 aliphatic heterocycles. The molecule has 2 aromatic carbocycles. The fourth-order valence-electron chi connectivity index (χ4n) is 2.34. The van der Waals surface area contributed by atoms with Crippen LogP contribution in [0.15, 0.2) is 54.6 Å². The van der Waals surface area contributed by atoms with E-state index < -0.39 is 0 Å². The third kappa shape index (κ3) is 3.32. The van der Waals surface area contributed by atoms with Crippen molar-refractivity contribution >= 4 is 27.9 Å². The fraction of sp³-hybridized carbons (Fsp3) is 0.158. The van der Waals surface area contributed by atoms with Gasteiger partial charge in [-0.25, -0.2) is 4.98 Å². The van der Waals surface area contributed by atoms with Crippen molar-refractivity contribution in [2.24, 2.45) is 0 Å². The lowest BCUT2D eigenvalue weighted by Crippen LogP contribution is -1.95. The summed E-state index contributed by atoms with van der Waals surface area (Å²) in [5.74, 6) is 0.124. The van der Waals surface area contributed by atoms with E-state index in [-0.39, 0.29) is 5.78 Å². The molecule has 0 unspecified atom stereocenters. The van der Waals surface area contributed by atoms with Crippen LogP contribution in [0.3, 0.4) is 0 Å². The average Bonchev–Trinajstić information content (AvgIpc) is 3.01. The summed E-state index contributed by atoms with van der Waals surface area (Å²) in [5, 5.41) is 4.08. The lowest BCUT2D eigenvalue weighted by atomic mass is 10.1. The first-order valence-corrected chi connectivity index (χ1v) is 8.42. The Morgan fingerprint density at radius 3 is 2.48 bits per heavy atom. The van der Waals surface area contributed by atoms with Gasteiger partial charge in [0.25, 0.3) is 0 Å². The molecule has 3 aromatic rings. The van der Waals surface area contributed by atoms with Crippen LogP contribution in [0.4, 0.5) is 10.8 Å². The van der Waals surface area contributed by atoms with Gasteiger partial charge >= 0.3 is 0 Å². The molecule has 3 rings (SSSR count). The van der Waals surface area contributed by atoms with Gasteiger partial charge in [0.1, 0.15) is 0 Å². The van der Waals surface area contributed by atoms with Crippen molar-refractivity contribution in [3.63, 3.8) is 0 Å². The van der Waals surface area contributed by atoms with Crippen LogP contribution in [0.5, 0.6) is 0 Å². The molecular formula is C19H18N2OS. The van der Waals surface area contributed by atoms with Crippen LogP contribution in [0.25, 0.3) is 11.3 Å². The third-order valence-electron chi connectivity index (χ3n) is 3.64. The number of aryl methyl sites for hydroxylation is 1. The molecule has 4 heteroatoms. The molecule has 3 nitrogen and oxygen atoms in total. The zero-order valence-corrected chi connectivity index (χ0v) is 14.0. The molecule has 0 radical (unpaired) electrons. The van der Waals surface area contributed by atoms with E-state index in [1.54, 1.807) is 0 Å². The number of nitrogens with zero attached hydrogens (tertiary/aromatic N) is 1. The summed E-state index contributed by atoms with van der Waals surface area (Å²) in [7, 11) is 0. The van der Waals surface area contributed by atoms with E-state index in [1.165, 1.54) is 11.3 Å². The Bertz CT molecular complexity index is 824. The Morgan fingerprint density at radius 1 is 1.09 bits per heavy atom. The van der Waals surface area contributed by atoms with Gasteiger partial charge in [-0.3, -0.25) is 4.79 Å². The number of carbonyl (C=O) groups is 1. The van der Waals surface area contributed by atoms with Crippen LogP contribution in [0, 0.1) is 6.92 Å². The highest BCUT2D eigenvalue weighted by atomic mass is 32.1. The van der Waals surface area contributed by atoms with Crippen molar-refractivity contribution < 1.29 is 4.79 Å². The molecule has 1 N–H and O–H groups in total. The van der Waals surface area contributed by atoms with Gasteiger partial charge in [0.15, 0.2) is 10.9 Å². The number of ketones is 1. The number of nitrogens with one attached hydrogen (secondary N) is 1. The minimum absolute atomic E-state index is 0.124. The number of aromatic nitrogens is 1. The van der Waals surface area contributed by atoms with Gasteiger partial charge in [0.05, 0.1) is 10.6 Å². The van der Waals surface area contributed by atoms with Crippen molar-refractivity contribution in [2.45, 2.75) is 20.3 Å². The van der Waals surface area contributed by atoms with Crippen LogP contribution in [0.1, 0.15) is 28.6 Å². The summed E-state index contributed by atoms with van der Waals surface area (Å²) in [5.41, 5.74) is 3.89. The van der Waals surface area contributed by atoms with E-state index in [0.717, 1.165) is 32.5 Å². The van der Waals surface area contributed by atoms with Gasteiger partial charge in [-0.1, -0.05) is 66.8 Å². The zero-order valence-electron chi connectivity index (χ0n) is 13.2. The monoisotopic (exact) mass is 322 g/mol. The van der Waals surface area contributed by atoms with E-state index in [2.05, 4.69) is 10.3 Å². The summed E-state index contributed by atoms with van der Waals surface area (Å²) >= 11 is 1.42. The number of hydrogen-bond donors (Lipinski definition) is 1. The van der Waals surface area contributed by atoms with Crippen molar-refractivity contribution in [3.05, 3.63) is 65.0 Å². The number of Topliss-reactive ketones (excluding diaryl/α,β-unsaturated/α-hetero) is 1. The lowest BCUT2D eigenvalue weighted by Gasteiger charge is -2.05. The van der Waals surface area contributed by atoms with E-state index in [9.17, 15) is 4.79 Å². The quantitative estimate of drug-likeness (QED) is 0.635. The summed E-state index contributed by atoms with van der Waals surface area (Å²) in [6.07, 6.45) is 0.478. The lowest BCUT2D eigenvalue weighted by molar-refractivity contribution is 0.0992. The van der Waals surface area contributed by atoms with Gasteiger partial charge < -0.3 is 5.32 Å². The Hall–Kier alpha value is -2.46. The van der Waals surface area contributed by atoms with Crippen molar-refractivity contribution in [1.29, 1.82) is 0 Å². The molecule has 0 saturated carbocycles. The second-order valence-corrected chi connectivity index (χ2v) is 6.28. The van der Waals surface area contributed by atoms with E-state index in [1.807, 2.05) is 68.4 Å². The van der Waals surface area contributed by atoms with Gasteiger partial charge in [-0.05, 0) is 18.6 Å². The SMILES string of the molecule is CCC(=O)c1sc(Nc2ccccc2C)nc1-c1ccccc1. The molecule has 0 saturated heterocycles. The predicted octanol–water partition coefficient (Wildman–Crippen LogP) is 5.45. The smallest absolute Gasteiger partial charge is 0.188 e. The molecule has 1 aromatic heterocycles. The highest BCUT2D eigenvalue weighted by molar-refractivity contribution is 7.18. The maximum Gasteiger partial charge on any atom is 0.188 e. The first kappa shape index (κ1) is 15.4. The molecule has 0 atom stereocenters. The largest absolute Gasteiger partial charge is 0.331 e. The second-order valence-electron chi connectivity index (χ2n) is 5.28. The molecule has 0 amide bonds. The van der Waals surface area contributed by atoms with Crippen molar-refractivity contribution in [2.75, 3.05) is 5.32 Å². The van der Waals surface area contributed by atoms with Crippen LogP contribution in [-0.4, -0.2) is 10.8 Å². The molecule has 0 aliphatic carbocycles. The molecule has 23 heavy (non-hydrogen) atoms. The van der Waals surface area contributed by atoms with Crippen LogP contribution >= 0.6 is 11.3 Å². The Balaban J connectivity index is 2.02. The molecule has 0 bridgehead atoms. The van der Waals surface area contributed by atoms with Crippen LogP contribution < -0.4 is 5.32 Å². The topological polar surface area (TPSA) is 42.0 Å². The number of hydrogen-bond acceptors (Lipinski definition) is 4. The van der Waals surface area contributed by atoms with Crippen LogP contribution in [-0.2, 0) is 0 Å². The summed E-state index contributed by atoms with van der Waals surface area (Å²) in [6, 6.07) is 17.9. The standard InChI is InChI=1S/C19H18N2OS/c1-3-16(22)18-17(14-10-5-4-6-11-14)21-19(23-18)20-15-12-8-7-9-13(15)2/h4-12H,3H2,1-2H3,(H,20,21). The normalized spacial score (nSPS) is 10.5. The second kappa shape index (κ2) is 6.75. The number of para-hydroxylation sites is 1. The maximum atomic E-state index is 12.3. The Kier molecular flexibility index (Phi) is 4.53. The molecule has 0 fully saturated rings. The first-order chi connectivity index (χ1) is 11.2. The average molecular weight is 322 g/mol. The Labute approximate surface area is 140 Å². The minimum atomic E-state index is 0.124. The molecule has 0 spiro atoms. The van der Waals surface area contributed by atoms with Gasteiger partial charge in [0, 0.05) is 17.7 Å². The molecule has 1 heterocycles. The minimum Gasteiger partial charge on any atom is -0.331 e. The van der Waals surface area contributed by atoms with Crippen molar-refractivity contribution in [1.82, 2.24) is 4.98 Å². The van der Waals surface area contributed by atoms with E-state index in [4.69, 9.17) is 0 Å². The highest BCUT2D eigenvalue weighted by Gasteiger charge is 2.18. The van der Waals surface area contributed by atoms with Crippen molar-refractivity contribution in [3.8, 4) is 11.3 Å². The molecular weight excluding hydrogens is 304 g/mol. The third-order valence-corrected chi connectivity index (χ3v) is 4.65. The number of benzene rings is 2. The van der Waals surface area contributed by atoms with E-state index in [0.29, 0.717) is 6.42 Å². The predicted molar refractivity (Wildman–Crippen MR) is 96.6 cm³/mol. The van der Waals surface area contributed by atoms with E-state index >= 15 is 0 Å². The highest BCUT2D eigenvalue weighted by Crippen LogP contribution is 2.34.